The van der Waals surface area contributed by atoms with Gasteiger partial charge in [0.2, 0.25) is 0 Å². The molecule has 0 fully saturated rings. The van der Waals surface area contributed by atoms with Crippen LogP contribution in [-0.4, -0.2) is 38.3 Å². The van der Waals surface area contributed by atoms with Gasteiger partial charge in [0.15, 0.2) is 0 Å². The molecule has 3 unspecified atom stereocenters. The molecule has 13 heteroatoms. The van der Waals surface area contributed by atoms with E-state index >= 15 is 0 Å². The van der Waals surface area contributed by atoms with Crippen molar-refractivity contribution >= 4 is 22.8 Å². The van der Waals surface area contributed by atoms with Crippen molar-refractivity contribution in [1.82, 2.24) is 0 Å². The maximum Gasteiger partial charge on any atom is 3.00 e. The van der Waals surface area contributed by atoms with Crippen molar-refractivity contribution in [1.29, 1.82) is 0 Å². The fourth-order valence-corrected chi connectivity index (χ4v) is 9.09. The van der Waals surface area contributed by atoms with Crippen LogP contribution in [0.5, 0.6) is 0 Å². The Labute approximate surface area is 352 Å². The Morgan fingerprint density at radius 1 is 0.291 bits per heavy atom. The SMILES string of the molecule is CCCCCCCOP(=O)([O-])CCCCCCC.CCCCCCCOP(=O)([O-])CCCCCCC.CCCCCCCOP(=O)([O-])CCCCCCC.[Fe+3]. The van der Waals surface area contributed by atoms with Crippen LogP contribution in [0, 0.1) is 0 Å². The predicted molar refractivity (Wildman–Crippen MR) is 228 cm³/mol. The average molecular weight is 888 g/mol. The molecule has 0 aromatic carbocycles. The molecule has 0 aliphatic rings. The van der Waals surface area contributed by atoms with Crippen molar-refractivity contribution in [2.24, 2.45) is 0 Å². The number of hydrogen-bond donors (Lipinski definition) is 0. The molecule has 0 aromatic heterocycles. The zero-order valence-corrected chi connectivity index (χ0v) is 40.6. The van der Waals surface area contributed by atoms with Gasteiger partial charge in [0, 0.05) is 18.5 Å². The predicted octanol–water partition coefficient (Wildman–Crippen LogP) is 13.5. The number of hydrogen-bond acceptors (Lipinski definition) is 9. The molecule has 55 heavy (non-hydrogen) atoms. The molecule has 0 spiro atoms. The minimum absolute atomic E-state index is 0. The second-order valence-electron chi connectivity index (χ2n) is 15.0. The van der Waals surface area contributed by atoms with Crippen LogP contribution < -0.4 is 14.7 Å². The van der Waals surface area contributed by atoms with E-state index < -0.39 is 22.8 Å². The zero-order valence-electron chi connectivity index (χ0n) is 36.8. The van der Waals surface area contributed by atoms with Crippen LogP contribution in [0.2, 0.25) is 0 Å². The summed E-state index contributed by atoms with van der Waals surface area (Å²) in [5, 5.41) is 0. The van der Waals surface area contributed by atoms with Gasteiger partial charge < -0.3 is 41.9 Å². The molecule has 0 heterocycles. The fourth-order valence-electron chi connectivity index (χ4n) is 5.65. The van der Waals surface area contributed by atoms with Crippen molar-refractivity contribution in [3.05, 3.63) is 0 Å². The largest absolute Gasteiger partial charge is 3.00 e. The minimum Gasteiger partial charge on any atom is -0.778 e. The molecule has 0 bridgehead atoms. The molecule has 3 atom stereocenters. The van der Waals surface area contributed by atoms with Gasteiger partial charge in [-0.05, 0) is 38.5 Å². The second kappa shape index (κ2) is 47.6. The number of rotatable bonds is 39. The van der Waals surface area contributed by atoms with E-state index in [0.717, 1.165) is 96.3 Å². The molecular weight excluding hydrogens is 797 g/mol. The zero-order chi connectivity index (χ0) is 41.1. The monoisotopic (exact) mass is 888 g/mol. The third-order valence-electron chi connectivity index (χ3n) is 9.21. The van der Waals surface area contributed by atoms with E-state index in [0.29, 0.717) is 19.8 Å². The molecule has 335 valence electrons. The van der Waals surface area contributed by atoms with Gasteiger partial charge in [-0.3, -0.25) is 0 Å². The first kappa shape index (κ1) is 62.6. The molecular formula is C42H90FeO9P3. The molecule has 0 aliphatic carbocycles. The van der Waals surface area contributed by atoms with Crippen LogP contribution in [0.1, 0.15) is 234 Å². The normalized spacial score (nSPS) is 14.3. The Balaban J connectivity index is -0.000000351. The summed E-state index contributed by atoms with van der Waals surface area (Å²) in [4.78, 5) is 34.7. The molecule has 1 radical (unpaired) electrons. The van der Waals surface area contributed by atoms with E-state index in [4.69, 9.17) is 13.6 Å². The Morgan fingerprint density at radius 2 is 0.455 bits per heavy atom. The maximum absolute atomic E-state index is 11.6. The minimum atomic E-state index is -3.55. The summed E-state index contributed by atoms with van der Waals surface area (Å²) in [6.07, 6.45) is 33.1. The van der Waals surface area contributed by atoms with Gasteiger partial charge >= 0.3 is 17.1 Å². The van der Waals surface area contributed by atoms with E-state index in [-0.39, 0.29) is 35.6 Å². The first-order valence-electron chi connectivity index (χ1n) is 22.7. The summed E-state index contributed by atoms with van der Waals surface area (Å²) in [7, 11) is -10.6. The van der Waals surface area contributed by atoms with Crippen molar-refractivity contribution in [3.8, 4) is 0 Å². The molecule has 0 saturated carbocycles. The number of unbranched alkanes of at least 4 members (excludes halogenated alkanes) is 24. The van der Waals surface area contributed by atoms with Crippen LogP contribution in [0.3, 0.4) is 0 Å². The summed E-state index contributed by atoms with van der Waals surface area (Å²) in [6, 6.07) is 0. The van der Waals surface area contributed by atoms with Crippen molar-refractivity contribution in [3.63, 3.8) is 0 Å². The second-order valence-corrected chi connectivity index (χ2v) is 20.8. The smallest absolute Gasteiger partial charge is 0.778 e. The molecule has 0 aromatic rings. The Bertz CT molecular complexity index is 774. The van der Waals surface area contributed by atoms with Crippen LogP contribution in [0.15, 0.2) is 0 Å². The average Bonchev–Trinajstić information content (AvgIpc) is 3.13. The van der Waals surface area contributed by atoms with Crippen LogP contribution in [0.25, 0.3) is 0 Å². The van der Waals surface area contributed by atoms with Gasteiger partial charge in [0.05, 0.1) is 19.8 Å². The van der Waals surface area contributed by atoms with Gasteiger partial charge in [-0.1, -0.05) is 196 Å². The summed E-state index contributed by atoms with van der Waals surface area (Å²) < 4.78 is 49.7. The Hall–Kier alpha value is 0.969. The van der Waals surface area contributed by atoms with Crippen LogP contribution in [-0.2, 0) is 44.3 Å². The fraction of sp³-hybridized carbons (Fsp3) is 1.00. The van der Waals surface area contributed by atoms with Crippen molar-refractivity contribution < 1.29 is 59.0 Å². The topological polar surface area (TPSA) is 148 Å². The summed E-state index contributed by atoms with van der Waals surface area (Å²) in [5.74, 6) is 0. The quantitative estimate of drug-likeness (QED) is 0.0334. The van der Waals surface area contributed by atoms with E-state index in [1.165, 1.54) is 96.3 Å². The van der Waals surface area contributed by atoms with Gasteiger partial charge in [-0.2, -0.15) is 0 Å². The summed E-state index contributed by atoms with van der Waals surface area (Å²) in [5.41, 5.74) is 0. The van der Waals surface area contributed by atoms with Gasteiger partial charge in [-0.15, -0.1) is 0 Å². The van der Waals surface area contributed by atoms with Crippen molar-refractivity contribution in [2.45, 2.75) is 234 Å². The van der Waals surface area contributed by atoms with E-state index in [1.54, 1.807) is 0 Å². The van der Waals surface area contributed by atoms with Gasteiger partial charge in [0.1, 0.15) is 22.8 Å². The third-order valence-corrected chi connectivity index (χ3v) is 13.5. The van der Waals surface area contributed by atoms with Gasteiger partial charge in [-0.25, -0.2) is 0 Å². The summed E-state index contributed by atoms with van der Waals surface area (Å²) in [6.45, 7) is 14.1. The molecule has 0 saturated heterocycles. The van der Waals surface area contributed by atoms with Crippen molar-refractivity contribution in [2.75, 3.05) is 38.3 Å². The standard InChI is InChI=1S/3C14H31O3P.Fe/c3*1-3-5-7-9-11-13-17-18(15,16)14-12-10-8-6-4-2;/h3*3-14H2,1-2H3,(H,15,16);/q;;;+3/p-3. The molecule has 0 N–H and O–H groups in total. The van der Waals surface area contributed by atoms with E-state index in [1.807, 2.05) is 0 Å². The third kappa shape index (κ3) is 57.1. The first-order valence-corrected chi connectivity index (χ1v) is 27.9. The first-order chi connectivity index (χ1) is 25.9. The maximum atomic E-state index is 11.6. The molecule has 9 nitrogen and oxygen atoms in total. The molecule has 0 aliphatic heterocycles. The molecule has 0 rings (SSSR count). The van der Waals surface area contributed by atoms with E-state index in [9.17, 15) is 28.4 Å². The summed E-state index contributed by atoms with van der Waals surface area (Å²) >= 11 is 0. The van der Waals surface area contributed by atoms with E-state index in [2.05, 4.69) is 41.5 Å². The molecule has 0 amide bonds. The van der Waals surface area contributed by atoms with Crippen LogP contribution >= 0.6 is 22.8 Å². The Morgan fingerprint density at radius 3 is 0.636 bits per heavy atom. The van der Waals surface area contributed by atoms with Gasteiger partial charge in [0.25, 0.3) is 0 Å². The Kier molecular flexibility index (Phi) is 54.2. The van der Waals surface area contributed by atoms with Crippen LogP contribution in [0.4, 0.5) is 0 Å².